The van der Waals surface area contributed by atoms with Crippen LogP contribution < -0.4 is 5.73 Å². The van der Waals surface area contributed by atoms with Crippen LogP contribution in [0, 0.1) is 5.41 Å². The minimum atomic E-state index is -2.84. The van der Waals surface area contributed by atoms with Crippen LogP contribution in [0.1, 0.15) is 24.8 Å². The van der Waals surface area contributed by atoms with E-state index >= 15 is 0 Å². The molecule has 2 N–H and O–H groups in total. The lowest BCUT2D eigenvalue weighted by Crippen LogP contribution is -2.31. The van der Waals surface area contributed by atoms with Crippen LogP contribution in [0.3, 0.4) is 0 Å². The molecule has 3 nitrogen and oxygen atoms in total. The van der Waals surface area contributed by atoms with Gasteiger partial charge in [0.05, 0.1) is 11.5 Å². The van der Waals surface area contributed by atoms with E-state index in [0.717, 1.165) is 25.7 Å². The van der Waals surface area contributed by atoms with Gasteiger partial charge < -0.3 is 5.73 Å². The van der Waals surface area contributed by atoms with Crippen molar-refractivity contribution >= 4 is 9.84 Å². The molecule has 0 aromatic heterocycles. The van der Waals surface area contributed by atoms with Crippen LogP contribution in [0.2, 0.25) is 0 Å². The van der Waals surface area contributed by atoms with Crippen molar-refractivity contribution < 1.29 is 8.42 Å². The molecule has 2 rings (SSSR count). The average molecular weight is 267 g/mol. The summed E-state index contributed by atoms with van der Waals surface area (Å²) in [7, 11) is -2.84. The molecule has 0 spiro atoms. The summed E-state index contributed by atoms with van der Waals surface area (Å²) >= 11 is 0. The van der Waals surface area contributed by atoms with Crippen molar-refractivity contribution in [3.05, 3.63) is 35.9 Å². The Bertz CT molecular complexity index is 484. The van der Waals surface area contributed by atoms with E-state index in [1.54, 1.807) is 0 Å². The van der Waals surface area contributed by atoms with Gasteiger partial charge in [-0.2, -0.15) is 0 Å². The van der Waals surface area contributed by atoms with Crippen molar-refractivity contribution in [1.29, 1.82) is 0 Å². The van der Waals surface area contributed by atoms with E-state index in [2.05, 4.69) is 12.1 Å². The molecule has 4 heteroatoms. The van der Waals surface area contributed by atoms with Gasteiger partial charge in [-0.25, -0.2) is 8.42 Å². The zero-order valence-electron chi connectivity index (χ0n) is 10.6. The molecule has 100 valence electrons. The molecule has 0 aliphatic carbocycles. The quantitative estimate of drug-likeness (QED) is 0.884. The highest BCUT2D eigenvalue weighted by atomic mass is 32.2. The second-order valence-electron chi connectivity index (χ2n) is 5.39. The van der Waals surface area contributed by atoms with Gasteiger partial charge in [-0.1, -0.05) is 30.3 Å². The molecule has 1 aliphatic heterocycles. The maximum Gasteiger partial charge on any atom is 0.150 e. The first kappa shape index (κ1) is 13.6. The van der Waals surface area contributed by atoms with Crippen LogP contribution in [0.25, 0.3) is 0 Å². The fraction of sp³-hybridized carbons (Fsp3) is 0.571. The number of sulfone groups is 1. The van der Waals surface area contributed by atoms with Crippen molar-refractivity contribution in [3.8, 4) is 0 Å². The van der Waals surface area contributed by atoms with Gasteiger partial charge in [0.15, 0.2) is 9.84 Å². The normalized spacial score (nSPS) is 26.3. The van der Waals surface area contributed by atoms with Crippen molar-refractivity contribution in [3.63, 3.8) is 0 Å². The van der Waals surface area contributed by atoms with E-state index in [1.807, 2.05) is 18.2 Å². The first-order valence-corrected chi connectivity index (χ1v) is 8.32. The van der Waals surface area contributed by atoms with E-state index in [-0.39, 0.29) is 11.2 Å². The molecule has 1 heterocycles. The number of hydrogen-bond acceptors (Lipinski definition) is 3. The lowest BCUT2D eigenvalue weighted by atomic mass is 9.82. The van der Waals surface area contributed by atoms with Gasteiger partial charge in [-0.15, -0.1) is 0 Å². The SMILES string of the molecule is NCC1(CCCc2ccccc2)CCS(=O)(=O)C1. The van der Waals surface area contributed by atoms with E-state index in [1.165, 1.54) is 5.56 Å². The van der Waals surface area contributed by atoms with Crippen LogP contribution in [-0.4, -0.2) is 26.5 Å². The smallest absolute Gasteiger partial charge is 0.150 e. The molecule has 1 unspecified atom stereocenters. The van der Waals surface area contributed by atoms with E-state index < -0.39 is 9.84 Å². The van der Waals surface area contributed by atoms with Crippen LogP contribution in [0.5, 0.6) is 0 Å². The Balaban J connectivity index is 1.89. The Morgan fingerprint density at radius 1 is 1.22 bits per heavy atom. The van der Waals surface area contributed by atoms with Gasteiger partial charge in [0.1, 0.15) is 0 Å². The van der Waals surface area contributed by atoms with E-state index in [9.17, 15) is 8.42 Å². The van der Waals surface area contributed by atoms with Gasteiger partial charge in [-0.05, 0) is 43.2 Å². The third-order valence-corrected chi connectivity index (χ3v) is 5.80. The topological polar surface area (TPSA) is 60.2 Å². The molecule has 0 radical (unpaired) electrons. The monoisotopic (exact) mass is 267 g/mol. The highest BCUT2D eigenvalue weighted by molar-refractivity contribution is 7.91. The minimum absolute atomic E-state index is 0.159. The summed E-state index contributed by atoms with van der Waals surface area (Å²) in [5, 5.41) is 0. The number of aryl methyl sites for hydroxylation is 1. The first-order chi connectivity index (χ1) is 8.55. The summed E-state index contributed by atoms with van der Waals surface area (Å²) in [6.45, 7) is 0.487. The Morgan fingerprint density at radius 3 is 2.50 bits per heavy atom. The highest BCUT2D eigenvalue weighted by Crippen LogP contribution is 2.36. The zero-order chi connectivity index (χ0) is 13.1. The molecule has 1 aromatic rings. The lowest BCUT2D eigenvalue weighted by molar-refractivity contribution is 0.309. The Morgan fingerprint density at radius 2 is 1.94 bits per heavy atom. The van der Waals surface area contributed by atoms with Gasteiger partial charge in [0.25, 0.3) is 0 Å². The second kappa shape index (κ2) is 5.41. The van der Waals surface area contributed by atoms with Crippen LogP contribution in [0.15, 0.2) is 30.3 Å². The molecule has 1 fully saturated rings. The van der Waals surface area contributed by atoms with Crippen molar-refractivity contribution in [2.45, 2.75) is 25.7 Å². The molecule has 0 bridgehead atoms. The Labute approximate surface area is 109 Å². The third-order valence-electron chi connectivity index (χ3n) is 3.92. The predicted molar refractivity (Wildman–Crippen MR) is 74.1 cm³/mol. The Hall–Kier alpha value is -0.870. The summed E-state index contributed by atoms with van der Waals surface area (Å²) in [5.74, 6) is 0.598. The van der Waals surface area contributed by atoms with Crippen LogP contribution >= 0.6 is 0 Å². The lowest BCUT2D eigenvalue weighted by Gasteiger charge is -2.25. The summed E-state index contributed by atoms with van der Waals surface area (Å²) in [6.07, 6.45) is 3.66. The number of nitrogens with two attached hydrogens (primary N) is 1. The van der Waals surface area contributed by atoms with Gasteiger partial charge in [0, 0.05) is 0 Å². The molecule has 1 atom stereocenters. The highest BCUT2D eigenvalue weighted by Gasteiger charge is 2.40. The molecule has 18 heavy (non-hydrogen) atoms. The summed E-state index contributed by atoms with van der Waals surface area (Å²) in [6, 6.07) is 10.3. The largest absolute Gasteiger partial charge is 0.330 e. The molecular formula is C14H21NO2S. The predicted octanol–water partition coefficient (Wildman–Crippen LogP) is 1.77. The molecule has 0 saturated carbocycles. The molecule has 0 amide bonds. The summed E-state index contributed by atoms with van der Waals surface area (Å²) in [4.78, 5) is 0. The molecule has 1 aliphatic rings. The third kappa shape index (κ3) is 3.33. The van der Waals surface area contributed by atoms with Gasteiger partial charge in [-0.3, -0.25) is 0 Å². The van der Waals surface area contributed by atoms with E-state index in [0.29, 0.717) is 12.3 Å². The van der Waals surface area contributed by atoms with Crippen molar-refractivity contribution in [2.24, 2.45) is 11.1 Å². The average Bonchev–Trinajstić information content (AvgIpc) is 2.67. The Kier molecular flexibility index (Phi) is 4.07. The maximum absolute atomic E-state index is 11.6. The summed E-state index contributed by atoms with van der Waals surface area (Å²) in [5.41, 5.74) is 6.96. The van der Waals surface area contributed by atoms with E-state index in [4.69, 9.17) is 5.73 Å². The minimum Gasteiger partial charge on any atom is -0.330 e. The molecule has 1 aromatic carbocycles. The van der Waals surface area contributed by atoms with Gasteiger partial charge in [0.2, 0.25) is 0 Å². The van der Waals surface area contributed by atoms with Crippen LogP contribution in [-0.2, 0) is 16.3 Å². The number of hydrogen-bond donors (Lipinski definition) is 1. The van der Waals surface area contributed by atoms with Gasteiger partial charge >= 0.3 is 0 Å². The standard InChI is InChI=1S/C14H21NO2S/c15-11-14(9-10-18(16,17)12-14)8-4-7-13-5-2-1-3-6-13/h1-3,5-6H,4,7-12,15H2. The van der Waals surface area contributed by atoms with Crippen molar-refractivity contribution in [2.75, 3.05) is 18.1 Å². The van der Waals surface area contributed by atoms with Crippen molar-refractivity contribution in [1.82, 2.24) is 0 Å². The molecular weight excluding hydrogens is 246 g/mol. The fourth-order valence-corrected chi connectivity index (χ4v) is 4.98. The zero-order valence-corrected chi connectivity index (χ0v) is 11.5. The van der Waals surface area contributed by atoms with Crippen LogP contribution in [0.4, 0.5) is 0 Å². The maximum atomic E-state index is 11.6. The number of rotatable bonds is 5. The number of benzene rings is 1. The second-order valence-corrected chi connectivity index (χ2v) is 7.57. The summed E-state index contributed by atoms with van der Waals surface area (Å²) < 4.78 is 23.2. The first-order valence-electron chi connectivity index (χ1n) is 6.50. The fourth-order valence-electron chi connectivity index (χ4n) is 2.76. The molecule has 1 saturated heterocycles.